The average Bonchev–Trinajstić information content (AvgIpc) is 2.62. The molecule has 126 valence electrons. The zero-order valence-electron chi connectivity index (χ0n) is 13.8. The van der Waals surface area contributed by atoms with Crippen LogP contribution < -0.4 is 16.0 Å². The van der Waals surface area contributed by atoms with Gasteiger partial charge in [0.15, 0.2) is 0 Å². The maximum Gasteiger partial charge on any atom is 0.307 e. The molecule has 0 saturated carbocycles. The minimum atomic E-state index is -0.370. The van der Waals surface area contributed by atoms with Gasteiger partial charge in [-0.3, -0.25) is 9.59 Å². The van der Waals surface area contributed by atoms with E-state index in [4.69, 9.17) is 5.73 Å². The van der Waals surface area contributed by atoms with E-state index in [1.165, 1.54) is 7.11 Å². The third-order valence-corrected chi connectivity index (χ3v) is 3.66. The maximum absolute atomic E-state index is 13.1. The first-order valence-corrected chi connectivity index (χ1v) is 7.58. The summed E-state index contributed by atoms with van der Waals surface area (Å²) in [6, 6.07) is 14.3. The highest BCUT2D eigenvalue weighted by molar-refractivity contribution is 6.11. The highest BCUT2D eigenvalue weighted by Crippen LogP contribution is 2.26. The molecule has 24 heavy (non-hydrogen) atoms. The second-order valence-electron chi connectivity index (χ2n) is 5.14. The Labute approximate surface area is 141 Å². The van der Waals surface area contributed by atoms with E-state index in [2.05, 4.69) is 10.1 Å². The molecule has 6 nitrogen and oxygen atoms in total. The first kappa shape index (κ1) is 17.3. The van der Waals surface area contributed by atoms with Gasteiger partial charge in [0.1, 0.15) is 0 Å². The highest BCUT2D eigenvalue weighted by Gasteiger charge is 2.22. The van der Waals surface area contributed by atoms with E-state index in [1.807, 2.05) is 30.3 Å². The van der Waals surface area contributed by atoms with E-state index in [0.717, 1.165) is 0 Å². The Morgan fingerprint density at radius 2 is 1.83 bits per heavy atom. The molecule has 0 aliphatic carbocycles. The average molecular weight is 327 g/mol. The molecule has 0 saturated heterocycles. The first-order valence-electron chi connectivity index (χ1n) is 7.58. The molecule has 0 heterocycles. The highest BCUT2D eigenvalue weighted by atomic mass is 16.5. The number of anilines is 3. The summed E-state index contributed by atoms with van der Waals surface area (Å²) < 4.78 is 4.68. The van der Waals surface area contributed by atoms with Gasteiger partial charge in [-0.05, 0) is 24.3 Å². The van der Waals surface area contributed by atoms with Gasteiger partial charge in [-0.2, -0.15) is 0 Å². The van der Waals surface area contributed by atoms with Crippen molar-refractivity contribution in [3.8, 4) is 0 Å². The second kappa shape index (κ2) is 8.01. The van der Waals surface area contributed by atoms with Crippen LogP contribution in [0.4, 0.5) is 17.1 Å². The molecule has 0 aromatic heterocycles. The van der Waals surface area contributed by atoms with Gasteiger partial charge in [0.2, 0.25) is 0 Å². The van der Waals surface area contributed by atoms with Crippen molar-refractivity contribution in [2.24, 2.45) is 0 Å². The molecule has 6 heteroatoms. The van der Waals surface area contributed by atoms with E-state index in [0.29, 0.717) is 22.6 Å². The number of carbonyl (C=O) groups excluding carboxylic acids is 2. The van der Waals surface area contributed by atoms with Crippen molar-refractivity contribution in [1.29, 1.82) is 0 Å². The largest absolute Gasteiger partial charge is 0.469 e. The Morgan fingerprint density at radius 1 is 1.12 bits per heavy atom. The fourth-order valence-electron chi connectivity index (χ4n) is 2.43. The fraction of sp³-hybridized carbons (Fsp3) is 0.222. The van der Waals surface area contributed by atoms with Gasteiger partial charge in [0.05, 0.1) is 30.5 Å². The maximum atomic E-state index is 13.1. The molecular formula is C18H21N3O3. The fourth-order valence-corrected chi connectivity index (χ4v) is 2.43. The van der Waals surface area contributed by atoms with Crippen molar-refractivity contribution in [1.82, 2.24) is 0 Å². The number of methoxy groups -OCH3 is 1. The lowest BCUT2D eigenvalue weighted by Gasteiger charge is -2.24. The van der Waals surface area contributed by atoms with Gasteiger partial charge in [0, 0.05) is 19.3 Å². The number of nitrogen functional groups attached to an aromatic ring is 1. The number of carbonyl (C=O) groups is 2. The number of benzene rings is 2. The predicted octanol–water partition coefficient (Wildman–Crippen LogP) is 2.52. The summed E-state index contributed by atoms with van der Waals surface area (Å²) in [6.07, 6.45) is 0.105. The van der Waals surface area contributed by atoms with Gasteiger partial charge >= 0.3 is 5.97 Å². The van der Waals surface area contributed by atoms with Crippen LogP contribution in [-0.2, 0) is 9.53 Å². The molecule has 0 aliphatic heterocycles. The molecule has 1 amide bonds. The van der Waals surface area contributed by atoms with E-state index >= 15 is 0 Å². The van der Waals surface area contributed by atoms with Gasteiger partial charge in [0.25, 0.3) is 5.91 Å². The third-order valence-electron chi connectivity index (χ3n) is 3.66. The minimum Gasteiger partial charge on any atom is -0.469 e. The number of ether oxygens (including phenoxy) is 1. The molecule has 0 unspecified atom stereocenters. The normalized spacial score (nSPS) is 10.1. The zero-order chi connectivity index (χ0) is 17.5. The molecule has 0 atom stereocenters. The third kappa shape index (κ3) is 3.84. The van der Waals surface area contributed by atoms with Crippen molar-refractivity contribution in [3.63, 3.8) is 0 Å². The number of hydrogen-bond donors (Lipinski definition) is 2. The van der Waals surface area contributed by atoms with Gasteiger partial charge in [-0.25, -0.2) is 0 Å². The number of rotatable bonds is 6. The van der Waals surface area contributed by atoms with Gasteiger partial charge < -0.3 is 20.7 Å². The lowest BCUT2D eigenvalue weighted by atomic mass is 10.1. The number of hydrogen-bond acceptors (Lipinski definition) is 5. The summed E-state index contributed by atoms with van der Waals surface area (Å²) in [4.78, 5) is 26.1. The molecule has 0 aliphatic rings. The minimum absolute atomic E-state index is 0.105. The van der Waals surface area contributed by atoms with Crippen LogP contribution in [-0.4, -0.2) is 32.6 Å². The lowest BCUT2D eigenvalue weighted by Crippen LogP contribution is -2.33. The van der Waals surface area contributed by atoms with Crippen LogP contribution in [0.3, 0.4) is 0 Å². The Kier molecular flexibility index (Phi) is 5.78. The number of para-hydroxylation sites is 2. The number of nitrogens with one attached hydrogen (secondary N) is 1. The van der Waals surface area contributed by atoms with Crippen LogP contribution >= 0.6 is 0 Å². The molecule has 2 aromatic rings. The molecule has 2 aromatic carbocycles. The van der Waals surface area contributed by atoms with Crippen LogP contribution in [0.25, 0.3) is 0 Å². The van der Waals surface area contributed by atoms with Crippen molar-refractivity contribution in [3.05, 3.63) is 54.1 Å². The van der Waals surface area contributed by atoms with Crippen molar-refractivity contribution in [2.45, 2.75) is 6.42 Å². The molecule has 0 spiro atoms. The quantitative estimate of drug-likeness (QED) is 0.629. The number of amides is 1. The SMILES string of the molecule is CNc1c(N)cccc1C(=O)N(CCC(=O)OC)c1ccccc1. The number of nitrogens with two attached hydrogens (primary N) is 1. The summed E-state index contributed by atoms with van der Waals surface area (Å²) in [5, 5.41) is 2.96. The Hall–Kier alpha value is -3.02. The summed E-state index contributed by atoms with van der Waals surface area (Å²) in [5.41, 5.74) is 8.16. The standard InChI is InChI=1S/C18H21N3O3/c1-20-17-14(9-6-10-15(17)19)18(23)21(12-11-16(22)24-2)13-7-4-3-5-8-13/h3-10,20H,11-12,19H2,1-2H3. The molecule has 0 radical (unpaired) electrons. The van der Waals surface area contributed by atoms with E-state index in [-0.39, 0.29) is 24.8 Å². The van der Waals surface area contributed by atoms with Crippen LogP contribution in [0.1, 0.15) is 16.8 Å². The first-order chi connectivity index (χ1) is 11.6. The molecule has 0 bridgehead atoms. The second-order valence-corrected chi connectivity index (χ2v) is 5.14. The molecule has 2 rings (SSSR count). The summed E-state index contributed by atoms with van der Waals surface area (Å²) >= 11 is 0. The van der Waals surface area contributed by atoms with E-state index in [9.17, 15) is 9.59 Å². The van der Waals surface area contributed by atoms with Crippen molar-refractivity contribution < 1.29 is 14.3 Å². The predicted molar refractivity (Wildman–Crippen MR) is 95.2 cm³/mol. The van der Waals surface area contributed by atoms with Crippen LogP contribution in [0.15, 0.2) is 48.5 Å². The molecule has 0 fully saturated rings. The summed E-state index contributed by atoms with van der Waals surface area (Å²) in [6.45, 7) is 0.216. The van der Waals surface area contributed by atoms with Crippen LogP contribution in [0, 0.1) is 0 Å². The summed E-state index contributed by atoms with van der Waals surface area (Å²) in [7, 11) is 3.04. The van der Waals surface area contributed by atoms with Crippen LogP contribution in [0.5, 0.6) is 0 Å². The van der Waals surface area contributed by atoms with E-state index in [1.54, 1.807) is 30.1 Å². The Balaban J connectivity index is 2.38. The zero-order valence-corrected chi connectivity index (χ0v) is 13.8. The number of esters is 1. The summed E-state index contributed by atoms with van der Waals surface area (Å²) in [5.74, 6) is -0.605. The Morgan fingerprint density at radius 3 is 2.46 bits per heavy atom. The molecular weight excluding hydrogens is 306 g/mol. The number of nitrogens with zero attached hydrogens (tertiary/aromatic N) is 1. The topological polar surface area (TPSA) is 84.7 Å². The molecule has 3 N–H and O–H groups in total. The van der Waals surface area contributed by atoms with Gasteiger partial charge in [-0.1, -0.05) is 24.3 Å². The monoisotopic (exact) mass is 327 g/mol. The lowest BCUT2D eigenvalue weighted by molar-refractivity contribution is -0.140. The smallest absolute Gasteiger partial charge is 0.307 e. The van der Waals surface area contributed by atoms with Crippen LogP contribution in [0.2, 0.25) is 0 Å². The van der Waals surface area contributed by atoms with Gasteiger partial charge in [-0.15, -0.1) is 0 Å². The Bertz CT molecular complexity index is 717. The van der Waals surface area contributed by atoms with E-state index < -0.39 is 0 Å². The van der Waals surface area contributed by atoms with Crippen molar-refractivity contribution in [2.75, 3.05) is 36.7 Å². The van der Waals surface area contributed by atoms with Crippen molar-refractivity contribution >= 4 is 28.9 Å².